The second-order valence-electron chi connectivity index (χ2n) is 13.1. The van der Waals surface area contributed by atoms with E-state index in [-0.39, 0.29) is 48.6 Å². The molecule has 2 heterocycles. The van der Waals surface area contributed by atoms with Crippen molar-refractivity contribution in [3.05, 3.63) is 122 Å². The molecule has 0 unspecified atom stereocenters. The molecular weight excluding hydrogens is 969 g/mol. The first kappa shape index (κ1) is 42.5. The Morgan fingerprint density at radius 1 is 0.727 bits per heavy atom. The number of aliphatic hydroxyl groups is 2. The van der Waals surface area contributed by atoms with Crippen LogP contribution >= 0.6 is 68.4 Å². The van der Waals surface area contributed by atoms with Crippen molar-refractivity contribution in [3.63, 3.8) is 0 Å². The first-order chi connectivity index (χ1) is 26.2. The molecule has 0 saturated carbocycles. The second-order valence-corrected chi connectivity index (χ2v) is 16.2. The van der Waals surface area contributed by atoms with Crippen LogP contribution in [0.4, 0.5) is 11.4 Å². The maximum absolute atomic E-state index is 13.4. The molecule has 1 amide bonds. The van der Waals surface area contributed by atoms with E-state index in [9.17, 15) is 19.5 Å². The van der Waals surface area contributed by atoms with Gasteiger partial charge in [0, 0.05) is 47.6 Å². The van der Waals surface area contributed by atoms with Gasteiger partial charge in [-0.3, -0.25) is 23.5 Å². The van der Waals surface area contributed by atoms with Gasteiger partial charge in [0.1, 0.15) is 11.6 Å². The molecule has 0 bridgehead atoms. The van der Waals surface area contributed by atoms with Crippen LogP contribution in [0.25, 0.3) is 33.2 Å². The molecule has 0 aliphatic heterocycles. The third kappa shape index (κ3) is 9.18. The molecule has 0 spiro atoms. The predicted octanol–water partition coefficient (Wildman–Crippen LogP) is 8.28. The highest BCUT2D eigenvalue weighted by molar-refractivity contribution is 14.1. The van der Waals surface area contributed by atoms with Crippen molar-refractivity contribution >= 4 is 107 Å². The van der Waals surface area contributed by atoms with Crippen LogP contribution in [-0.2, 0) is 4.79 Å². The summed E-state index contributed by atoms with van der Waals surface area (Å²) in [4.78, 5) is 49.8. The molecule has 2 aromatic heterocycles. The van der Waals surface area contributed by atoms with Gasteiger partial charge in [-0.05, 0) is 118 Å². The maximum atomic E-state index is 13.4. The largest absolute Gasteiger partial charge is 0.395 e. The Morgan fingerprint density at radius 3 is 1.60 bits per heavy atom. The lowest BCUT2D eigenvalue weighted by atomic mass is 10.1. The van der Waals surface area contributed by atoms with E-state index in [4.69, 9.17) is 38.3 Å². The van der Waals surface area contributed by atoms with Gasteiger partial charge in [-0.1, -0.05) is 50.9 Å². The van der Waals surface area contributed by atoms with Crippen LogP contribution < -0.4 is 21.3 Å². The second kappa shape index (κ2) is 18.6. The molecule has 0 atom stereocenters. The first-order valence-corrected chi connectivity index (χ1v) is 20.4. The van der Waals surface area contributed by atoms with Crippen molar-refractivity contribution in [1.29, 1.82) is 0 Å². The monoisotopic (exact) mass is 1010 g/mol. The summed E-state index contributed by atoms with van der Waals surface area (Å²) in [6.07, 6.45) is 0. The van der Waals surface area contributed by atoms with E-state index in [0.717, 1.165) is 14.9 Å². The summed E-state index contributed by atoms with van der Waals surface area (Å²) in [5.74, 6) is 1.18. The highest BCUT2D eigenvalue weighted by atomic mass is 127. The Balaban J connectivity index is 0.000000212. The van der Waals surface area contributed by atoms with Gasteiger partial charge in [0.05, 0.1) is 59.2 Å². The molecule has 11 nitrogen and oxygen atoms in total. The van der Waals surface area contributed by atoms with E-state index in [1.807, 2.05) is 45.9 Å². The number of aliphatic hydroxyl groups excluding tert-OH is 2. The van der Waals surface area contributed by atoms with Crippen molar-refractivity contribution in [1.82, 2.24) is 19.1 Å². The molecule has 4 aromatic carbocycles. The summed E-state index contributed by atoms with van der Waals surface area (Å²) in [6, 6.07) is 21.3. The standard InChI is InChI=1S/C21H21ClIN3O3.C19H19ClIN3O2/c1-12(2)20-24-19-16(21(29)26(20)15-6-4-14(22)5-7-15)8-9-17(18(19)23)25(10-11-27)13(3)28;1-11(2)18-23-17-14(7-8-15(16(17)21)22-9-10-25)19(26)24(18)13-5-3-12(20)4-6-13/h4-9,12,27H,10-11H2,1-3H3;3-8,11,22,25H,9-10H2,1-2H3. The van der Waals surface area contributed by atoms with Gasteiger partial charge < -0.3 is 20.4 Å². The molecule has 55 heavy (non-hydrogen) atoms. The number of nitrogens with zero attached hydrogens (tertiary/aromatic N) is 5. The Labute approximate surface area is 355 Å². The van der Waals surface area contributed by atoms with Crippen LogP contribution in [0.15, 0.2) is 82.4 Å². The third-order valence-electron chi connectivity index (χ3n) is 8.61. The van der Waals surface area contributed by atoms with Crippen LogP contribution in [0.2, 0.25) is 10.0 Å². The van der Waals surface area contributed by atoms with Crippen LogP contribution in [-0.4, -0.2) is 61.5 Å². The Bertz CT molecular complexity index is 2470. The Kier molecular flexibility index (Phi) is 14.3. The van der Waals surface area contributed by atoms with E-state index in [1.54, 1.807) is 63.7 Å². The maximum Gasteiger partial charge on any atom is 0.266 e. The van der Waals surface area contributed by atoms with Crippen molar-refractivity contribution in [2.45, 2.75) is 46.5 Å². The summed E-state index contributed by atoms with van der Waals surface area (Å²) in [5, 5.41) is 23.7. The fourth-order valence-electron chi connectivity index (χ4n) is 6.00. The van der Waals surface area contributed by atoms with Gasteiger partial charge in [0.15, 0.2) is 0 Å². The van der Waals surface area contributed by atoms with Crippen molar-refractivity contribution in [2.24, 2.45) is 0 Å². The molecule has 0 saturated heterocycles. The van der Waals surface area contributed by atoms with Crippen LogP contribution in [0.3, 0.4) is 0 Å². The van der Waals surface area contributed by atoms with E-state index < -0.39 is 0 Å². The number of amides is 1. The Hall–Kier alpha value is -3.61. The Morgan fingerprint density at radius 2 is 1.18 bits per heavy atom. The topological polar surface area (TPSA) is 143 Å². The molecule has 0 aliphatic carbocycles. The minimum atomic E-state index is -0.185. The number of hydrogen-bond acceptors (Lipinski definition) is 8. The van der Waals surface area contributed by atoms with E-state index in [1.165, 1.54) is 11.8 Å². The number of rotatable bonds is 10. The fourth-order valence-corrected chi connectivity index (χ4v) is 7.91. The minimum Gasteiger partial charge on any atom is -0.395 e. The van der Waals surface area contributed by atoms with E-state index in [0.29, 0.717) is 65.0 Å². The summed E-state index contributed by atoms with van der Waals surface area (Å²) < 4.78 is 4.83. The normalized spacial score (nSPS) is 11.3. The number of anilines is 2. The van der Waals surface area contributed by atoms with Crippen LogP contribution in [0.1, 0.15) is 58.1 Å². The third-order valence-corrected chi connectivity index (χ3v) is 11.3. The average Bonchev–Trinajstić information content (AvgIpc) is 3.15. The number of nitrogens with one attached hydrogen (secondary N) is 1. The highest BCUT2D eigenvalue weighted by Crippen LogP contribution is 2.31. The van der Waals surface area contributed by atoms with Crippen LogP contribution in [0.5, 0.6) is 0 Å². The molecule has 288 valence electrons. The molecule has 0 fully saturated rings. The van der Waals surface area contributed by atoms with Crippen LogP contribution in [0, 0.1) is 7.14 Å². The van der Waals surface area contributed by atoms with E-state index >= 15 is 0 Å². The fraction of sp³-hybridized carbons (Fsp3) is 0.275. The van der Waals surface area contributed by atoms with Gasteiger partial charge in [-0.15, -0.1) is 0 Å². The number of carbonyl (C=O) groups is 1. The summed E-state index contributed by atoms with van der Waals surface area (Å²) >= 11 is 16.3. The summed E-state index contributed by atoms with van der Waals surface area (Å²) in [7, 11) is 0. The zero-order valence-electron chi connectivity index (χ0n) is 30.8. The lowest BCUT2D eigenvalue weighted by molar-refractivity contribution is -0.116. The number of benzene rings is 4. The molecule has 6 aromatic rings. The quantitative estimate of drug-likeness (QED) is 0.117. The molecule has 6 rings (SSSR count). The van der Waals surface area contributed by atoms with Gasteiger partial charge >= 0.3 is 0 Å². The lowest BCUT2D eigenvalue weighted by Gasteiger charge is -2.23. The van der Waals surface area contributed by atoms with Crippen molar-refractivity contribution in [3.8, 4) is 11.4 Å². The number of aromatic nitrogens is 4. The van der Waals surface area contributed by atoms with Gasteiger partial charge in [0.2, 0.25) is 5.91 Å². The van der Waals surface area contributed by atoms with Gasteiger partial charge in [0.25, 0.3) is 11.1 Å². The number of carbonyl (C=O) groups excluding carboxylic acids is 1. The van der Waals surface area contributed by atoms with Gasteiger partial charge in [-0.25, -0.2) is 9.97 Å². The zero-order valence-corrected chi connectivity index (χ0v) is 36.6. The number of fused-ring (bicyclic) bond motifs is 2. The molecule has 0 radical (unpaired) electrons. The average molecular weight is 1010 g/mol. The summed E-state index contributed by atoms with van der Waals surface area (Å²) in [5.41, 5.74) is 3.87. The zero-order chi connectivity index (χ0) is 40.1. The van der Waals surface area contributed by atoms with E-state index in [2.05, 4.69) is 50.5 Å². The lowest BCUT2D eigenvalue weighted by Crippen LogP contribution is -2.32. The first-order valence-electron chi connectivity index (χ1n) is 17.5. The number of hydrogen-bond donors (Lipinski definition) is 3. The van der Waals surface area contributed by atoms with Crippen molar-refractivity contribution < 1.29 is 15.0 Å². The molecule has 0 aliphatic rings. The predicted molar refractivity (Wildman–Crippen MR) is 239 cm³/mol. The molecule has 3 N–H and O–H groups in total. The van der Waals surface area contributed by atoms with Gasteiger partial charge in [-0.2, -0.15) is 0 Å². The SMILES string of the molecule is CC(=O)N(CCO)c1ccc2c(=O)n(-c3ccc(Cl)cc3)c(C(C)C)nc2c1I.CC(C)c1nc2c(I)c(NCCO)ccc2c(=O)n1-c1ccc(Cl)cc1. The molecule has 15 heteroatoms. The smallest absolute Gasteiger partial charge is 0.266 e. The highest BCUT2D eigenvalue weighted by Gasteiger charge is 2.22. The minimum absolute atomic E-state index is 0.0106. The van der Waals surface area contributed by atoms with Crippen molar-refractivity contribution in [2.75, 3.05) is 36.5 Å². The molecular formula is C40H40Cl2I2N6O5. The summed E-state index contributed by atoms with van der Waals surface area (Å²) in [6.45, 7) is 9.93. The number of halogens is 4.